The lowest BCUT2D eigenvalue weighted by Gasteiger charge is -2.31. The number of carboxylic acids is 1. The van der Waals surface area contributed by atoms with Gasteiger partial charge in [-0.25, -0.2) is 4.79 Å². The summed E-state index contributed by atoms with van der Waals surface area (Å²) in [6.45, 7) is 5.38. The van der Waals surface area contributed by atoms with E-state index in [-0.39, 0.29) is 37.5 Å². The number of carbonyl (C=O) groups is 4. The minimum absolute atomic E-state index is 0.210. The third-order valence-corrected chi connectivity index (χ3v) is 10.6. The molecule has 9 nitrogen and oxygen atoms in total. The third-order valence-electron chi connectivity index (χ3n) is 10.6. The Morgan fingerprint density at radius 1 is 0.472 bits per heavy atom. The SMILES string of the molecule is CCCCCCCCCCCCCCCC(=O)N(C(=O)CCCCCCCCCCCCCCC)[C@@H](CCCCN)C(=O)N[C@@H](CCCCN)C(=O)O. The van der Waals surface area contributed by atoms with Crippen molar-refractivity contribution in [2.45, 2.75) is 244 Å². The first-order valence-corrected chi connectivity index (χ1v) is 22.6. The predicted octanol–water partition coefficient (Wildman–Crippen LogP) is 10.5. The Morgan fingerprint density at radius 3 is 1.11 bits per heavy atom. The van der Waals surface area contributed by atoms with Crippen molar-refractivity contribution in [2.75, 3.05) is 13.1 Å². The molecule has 3 amide bonds. The zero-order valence-corrected chi connectivity index (χ0v) is 34.8. The van der Waals surface area contributed by atoms with Crippen molar-refractivity contribution in [3.8, 4) is 0 Å². The van der Waals surface area contributed by atoms with Crippen molar-refractivity contribution in [1.82, 2.24) is 10.2 Å². The van der Waals surface area contributed by atoms with E-state index in [1.165, 1.54) is 120 Å². The van der Waals surface area contributed by atoms with Crippen LogP contribution in [0.3, 0.4) is 0 Å². The number of carbonyl (C=O) groups excluding carboxylic acids is 3. The Hall–Kier alpha value is -2.00. The number of amides is 3. The lowest BCUT2D eigenvalue weighted by Crippen LogP contribution is -2.55. The summed E-state index contributed by atoms with van der Waals surface area (Å²) in [4.78, 5) is 54.6. The van der Waals surface area contributed by atoms with Gasteiger partial charge in [-0.15, -0.1) is 0 Å². The van der Waals surface area contributed by atoms with E-state index in [1.807, 2.05) is 0 Å². The van der Waals surface area contributed by atoms with Crippen LogP contribution in [-0.4, -0.2) is 58.9 Å². The summed E-state index contributed by atoms with van der Waals surface area (Å²) in [7, 11) is 0. The lowest BCUT2D eigenvalue weighted by molar-refractivity contribution is -0.153. The van der Waals surface area contributed by atoms with Crippen LogP contribution in [0.25, 0.3) is 0 Å². The number of nitrogens with one attached hydrogen (secondary N) is 1. The second kappa shape index (κ2) is 38.3. The highest BCUT2D eigenvalue weighted by Gasteiger charge is 2.35. The molecule has 6 N–H and O–H groups in total. The highest BCUT2D eigenvalue weighted by Crippen LogP contribution is 2.19. The van der Waals surface area contributed by atoms with Gasteiger partial charge in [0, 0.05) is 12.8 Å². The number of unbranched alkanes of at least 4 members (excludes halogenated alkanes) is 26. The van der Waals surface area contributed by atoms with Gasteiger partial charge in [-0.2, -0.15) is 0 Å². The first kappa shape index (κ1) is 51.0. The Labute approximate surface area is 326 Å². The standard InChI is InChI=1S/C44H86N4O5/c1-3-5-7-9-11-13-15-17-19-21-23-25-27-35-41(49)48(42(50)36-28-26-24-22-20-18-16-14-12-10-8-6-4-2)40(34-30-32-38-46)43(51)47-39(44(52)53)33-29-31-37-45/h39-40H,3-38,45-46H2,1-2H3,(H,47,51)(H,52,53)/t39-,40-/m0/s1. The summed E-state index contributed by atoms with van der Waals surface area (Å²) in [5.74, 6) is -2.34. The second-order valence-electron chi connectivity index (χ2n) is 15.6. The van der Waals surface area contributed by atoms with Gasteiger partial charge in [0.05, 0.1) is 0 Å². The highest BCUT2D eigenvalue weighted by molar-refractivity contribution is 6.01. The van der Waals surface area contributed by atoms with E-state index < -0.39 is 24.0 Å². The Morgan fingerprint density at radius 2 is 0.792 bits per heavy atom. The van der Waals surface area contributed by atoms with Crippen LogP contribution in [-0.2, 0) is 19.2 Å². The smallest absolute Gasteiger partial charge is 0.326 e. The Bertz CT molecular complexity index is 844. The molecule has 0 saturated heterocycles. The summed E-state index contributed by atoms with van der Waals surface area (Å²) >= 11 is 0. The average molecular weight is 751 g/mol. The van der Waals surface area contributed by atoms with Crippen LogP contribution in [0.15, 0.2) is 0 Å². The van der Waals surface area contributed by atoms with E-state index >= 15 is 0 Å². The molecule has 9 heteroatoms. The van der Waals surface area contributed by atoms with Crippen LogP contribution in [0.5, 0.6) is 0 Å². The monoisotopic (exact) mass is 751 g/mol. The molecule has 2 atom stereocenters. The molecule has 53 heavy (non-hydrogen) atoms. The molecule has 0 spiro atoms. The fourth-order valence-electron chi connectivity index (χ4n) is 7.19. The number of imide groups is 1. The van der Waals surface area contributed by atoms with Crippen molar-refractivity contribution in [3.63, 3.8) is 0 Å². The van der Waals surface area contributed by atoms with Crippen LogP contribution in [0.4, 0.5) is 0 Å². The van der Waals surface area contributed by atoms with Gasteiger partial charge >= 0.3 is 5.97 Å². The molecule has 0 aromatic heterocycles. The quantitative estimate of drug-likeness (QED) is 0.0454. The van der Waals surface area contributed by atoms with E-state index in [4.69, 9.17) is 11.5 Å². The molecule has 0 aromatic rings. The molecule has 0 saturated carbocycles. The average Bonchev–Trinajstić information content (AvgIpc) is 3.14. The summed E-state index contributed by atoms with van der Waals surface area (Å²) in [6, 6.07) is -2.14. The van der Waals surface area contributed by atoms with E-state index in [1.54, 1.807) is 0 Å². The van der Waals surface area contributed by atoms with Crippen LogP contribution in [0.2, 0.25) is 0 Å². The topological polar surface area (TPSA) is 156 Å². The van der Waals surface area contributed by atoms with E-state index in [9.17, 15) is 24.3 Å². The molecule has 0 rings (SSSR count). The van der Waals surface area contributed by atoms with Crippen molar-refractivity contribution in [3.05, 3.63) is 0 Å². The van der Waals surface area contributed by atoms with Crippen LogP contribution >= 0.6 is 0 Å². The minimum Gasteiger partial charge on any atom is -0.480 e. The molecular weight excluding hydrogens is 665 g/mol. The molecule has 0 aliphatic rings. The molecule has 0 bridgehead atoms. The molecule has 0 radical (unpaired) electrons. The van der Waals surface area contributed by atoms with Crippen molar-refractivity contribution < 1.29 is 24.3 Å². The summed E-state index contributed by atoms with van der Waals surface area (Å²) in [5, 5.41) is 12.5. The number of carboxylic acid groups (broad SMARTS) is 1. The van der Waals surface area contributed by atoms with Gasteiger partial charge in [-0.05, 0) is 64.5 Å². The molecular formula is C44H86N4O5. The molecule has 0 unspecified atom stereocenters. The lowest BCUT2D eigenvalue weighted by atomic mass is 10.0. The Balaban J connectivity index is 5.18. The van der Waals surface area contributed by atoms with E-state index in [0.29, 0.717) is 51.6 Å². The summed E-state index contributed by atoms with van der Waals surface area (Å²) < 4.78 is 0. The minimum atomic E-state index is -1.13. The van der Waals surface area contributed by atoms with Crippen molar-refractivity contribution in [1.29, 1.82) is 0 Å². The van der Waals surface area contributed by atoms with Gasteiger partial charge in [-0.3, -0.25) is 19.3 Å². The highest BCUT2D eigenvalue weighted by atomic mass is 16.4. The van der Waals surface area contributed by atoms with Gasteiger partial charge in [0.1, 0.15) is 12.1 Å². The number of aliphatic carboxylic acids is 1. The maximum atomic E-state index is 13.8. The maximum Gasteiger partial charge on any atom is 0.326 e. The number of nitrogens with two attached hydrogens (primary N) is 2. The number of hydrogen-bond donors (Lipinski definition) is 4. The Kier molecular flexibility index (Phi) is 36.8. The van der Waals surface area contributed by atoms with Crippen molar-refractivity contribution >= 4 is 23.7 Å². The predicted molar refractivity (Wildman–Crippen MR) is 222 cm³/mol. The van der Waals surface area contributed by atoms with Gasteiger partial charge in [0.25, 0.3) is 0 Å². The third kappa shape index (κ3) is 30.0. The number of nitrogens with zero attached hydrogens (tertiary/aromatic N) is 1. The number of rotatable bonds is 40. The molecule has 0 fully saturated rings. The molecule has 312 valence electrons. The van der Waals surface area contributed by atoms with Crippen LogP contribution in [0, 0.1) is 0 Å². The van der Waals surface area contributed by atoms with Gasteiger partial charge in [-0.1, -0.05) is 168 Å². The number of hydrogen-bond acceptors (Lipinski definition) is 6. The van der Waals surface area contributed by atoms with Crippen molar-refractivity contribution in [2.24, 2.45) is 11.5 Å². The van der Waals surface area contributed by atoms with Crippen LogP contribution in [0.1, 0.15) is 232 Å². The van der Waals surface area contributed by atoms with Crippen LogP contribution < -0.4 is 16.8 Å². The summed E-state index contributed by atoms with van der Waals surface area (Å²) in [5.41, 5.74) is 11.4. The first-order chi connectivity index (χ1) is 25.8. The van der Waals surface area contributed by atoms with E-state index in [2.05, 4.69) is 19.2 Å². The largest absolute Gasteiger partial charge is 0.480 e. The zero-order valence-electron chi connectivity index (χ0n) is 34.8. The normalized spacial score (nSPS) is 12.5. The zero-order chi connectivity index (χ0) is 39.2. The molecule has 0 aliphatic carbocycles. The summed E-state index contributed by atoms with van der Waals surface area (Å²) in [6.07, 6.45) is 34.5. The maximum absolute atomic E-state index is 13.8. The van der Waals surface area contributed by atoms with Gasteiger partial charge in [0.15, 0.2) is 0 Å². The van der Waals surface area contributed by atoms with Gasteiger partial charge < -0.3 is 21.9 Å². The van der Waals surface area contributed by atoms with E-state index in [0.717, 1.165) is 38.5 Å². The fraction of sp³-hybridized carbons (Fsp3) is 0.909. The molecule has 0 heterocycles. The second-order valence-corrected chi connectivity index (χ2v) is 15.6. The molecule has 0 aliphatic heterocycles. The van der Waals surface area contributed by atoms with Gasteiger partial charge in [0.2, 0.25) is 17.7 Å². The fourth-order valence-corrected chi connectivity index (χ4v) is 7.19. The molecule has 0 aromatic carbocycles. The first-order valence-electron chi connectivity index (χ1n) is 22.6.